The van der Waals surface area contributed by atoms with E-state index in [0.717, 1.165) is 0 Å². The predicted molar refractivity (Wildman–Crippen MR) is 30.9 cm³/mol. The van der Waals surface area contributed by atoms with Gasteiger partial charge >= 0.3 is 5.88 Å². The summed E-state index contributed by atoms with van der Waals surface area (Å²) in [6.07, 6.45) is 1.20. The fourth-order valence-electron chi connectivity index (χ4n) is 0.566. The van der Waals surface area contributed by atoms with Crippen molar-refractivity contribution in [1.82, 2.24) is 4.98 Å². The van der Waals surface area contributed by atoms with Crippen molar-refractivity contribution in [3.05, 3.63) is 18.1 Å². The SMILES string of the molecule is COc1ccnc([O])c1F. The molecular weight excluding hydrogens is 137 g/mol. The Morgan fingerprint density at radius 3 is 2.90 bits per heavy atom. The molecule has 0 aliphatic rings. The lowest BCUT2D eigenvalue weighted by Gasteiger charge is -1.98. The summed E-state index contributed by atoms with van der Waals surface area (Å²) >= 11 is 0. The number of halogens is 1. The average Bonchev–Trinajstić information content (AvgIpc) is 1.95. The second kappa shape index (κ2) is 2.51. The van der Waals surface area contributed by atoms with Crippen molar-refractivity contribution in [3.63, 3.8) is 0 Å². The Balaban J connectivity index is 3.14. The first kappa shape index (κ1) is 6.80. The van der Waals surface area contributed by atoms with E-state index in [0.29, 0.717) is 0 Å². The van der Waals surface area contributed by atoms with Gasteiger partial charge in [-0.25, -0.2) is 4.98 Å². The lowest BCUT2D eigenvalue weighted by molar-refractivity contribution is 0.297. The molecule has 1 aromatic heterocycles. The van der Waals surface area contributed by atoms with Gasteiger partial charge in [0, 0.05) is 12.3 Å². The maximum atomic E-state index is 12.5. The van der Waals surface area contributed by atoms with Crippen LogP contribution >= 0.6 is 0 Å². The summed E-state index contributed by atoms with van der Waals surface area (Å²) in [5, 5.41) is 10.4. The molecule has 0 spiro atoms. The van der Waals surface area contributed by atoms with Crippen LogP contribution in [0.2, 0.25) is 0 Å². The molecule has 0 bridgehead atoms. The normalized spacial score (nSPS) is 9.40. The Hall–Kier alpha value is -1.32. The Kier molecular flexibility index (Phi) is 1.71. The van der Waals surface area contributed by atoms with E-state index in [2.05, 4.69) is 9.72 Å². The van der Waals surface area contributed by atoms with Crippen LogP contribution in [0, 0.1) is 5.82 Å². The fraction of sp³-hybridized carbons (Fsp3) is 0.167. The molecule has 3 nitrogen and oxygen atoms in total. The number of methoxy groups -OCH3 is 1. The van der Waals surface area contributed by atoms with Crippen LogP contribution in [0.4, 0.5) is 4.39 Å². The predicted octanol–water partition coefficient (Wildman–Crippen LogP) is 1.37. The molecule has 4 heteroatoms. The highest BCUT2D eigenvalue weighted by atomic mass is 19.1. The third-order valence-corrected chi connectivity index (χ3v) is 1.04. The quantitative estimate of drug-likeness (QED) is 0.594. The number of ether oxygens (including phenoxy) is 1. The Morgan fingerprint density at radius 1 is 1.70 bits per heavy atom. The summed E-state index contributed by atoms with van der Waals surface area (Å²) in [7, 11) is 1.29. The van der Waals surface area contributed by atoms with E-state index >= 15 is 0 Å². The van der Waals surface area contributed by atoms with Gasteiger partial charge in [-0.15, -0.1) is 0 Å². The molecule has 0 atom stereocenters. The molecule has 0 saturated heterocycles. The molecule has 10 heavy (non-hydrogen) atoms. The van der Waals surface area contributed by atoms with Crippen LogP contribution in [0.5, 0.6) is 11.6 Å². The van der Waals surface area contributed by atoms with Gasteiger partial charge in [-0.05, 0) is 0 Å². The number of aromatic nitrogens is 1. The van der Waals surface area contributed by atoms with Crippen molar-refractivity contribution in [2.24, 2.45) is 0 Å². The molecule has 0 aliphatic carbocycles. The molecular formula is C6H5FNO2. The summed E-state index contributed by atoms with van der Waals surface area (Å²) in [5.41, 5.74) is 0. The topological polar surface area (TPSA) is 42.0 Å². The Bertz CT molecular complexity index is 239. The van der Waals surface area contributed by atoms with Crippen molar-refractivity contribution in [2.45, 2.75) is 0 Å². The van der Waals surface area contributed by atoms with Gasteiger partial charge < -0.3 is 4.74 Å². The first-order valence-electron chi connectivity index (χ1n) is 2.61. The Morgan fingerprint density at radius 2 is 2.40 bits per heavy atom. The molecule has 1 rings (SSSR count). The largest absolute Gasteiger partial charge is 0.493 e. The fourth-order valence-corrected chi connectivity index (χ4v) is 0.566. The van der Waals surface area contributed by atoms with E-state index in [1.54, 1.807) is 0 Å². The third kappa shape index (κ3) is 1.00. The summed E-state index contributed by atoms with van der Waals surface area (Å²) in [6, 6.07) is 1.29. The molecule has 0 aromatic carbocycles. The minimum absolute atomic E-state index is 0.0694. The van der Waals surface area contributed by atoms with E-state index in [-0.39, 0.29) is 5.75 Å². The standard InChI is InChI=1S/C6H5FNO2/c1-10-4-2-3-8-6(9)5(4)7/h2-3H,1H3. The maximum absolute atomic E-state index is 12.5. The van der Waals surface area contributed by atoms with Crippen LogP contribution in [0.15, 0.2) is 12.3 Å². The van der Waals surface area contributed by atoms with Crippen LogP contribution in [-0.4, -0.2) is 12.1 Å². The molecule has 0 N–H and O–H groups in total. The zero-order valence-corrected chi connectivity index (χ0v) is 5.30. The molecule has 1 heterocycles. The summed E-state index contributed by atoms with van der Waals surface area (Å²) < 4.78 is 17.0. The average molecular weight is 142 g/mol. The number of hydrogen-bond acceptors (Lipinski definition) is 2. The van der Waals surface area contributed by atoms with Gasteiger partial charge in [0.1, 0.15) is 0 Å². The molecule has 0 aliphatic heterocycles. The second-order valence-electron chi connectivity index (χ2n) is 1.63. The monoisotopic (exact) mass is 142 g/mol. The van der Waals surface area contributed by atoms with Gasteiger partial charge in [0.2, 0.25) is 5.82 Å². The van der Waals surface area contributed by atoms with Crippen molar-refractivity contribution in [2.75, 3.05) is 7.11 Å². The lowest BCUT2D eigenvalue weighted by Crippen LogP contribution is -1.88. The van der Waals surface area contributed by atoms with Crippen LogP contribution in [0.25, 0.3) is 0 Å². The summed E-state index contributed by atoms with van der Waals surface area (Å²) in [4.78, 5) is 3.18. The highest BCUT2D eigenvalue weighted by molar-refractivity contribution is 5.27. The van der Waals surface area contributed by atoms with Gasteiger partial charge in [0.25, 0.3) is 0 Å². The van der Waals surface area contributed by atoms with Crippen molar-refractivity contribution < 1.29 is 14.2 Å². The first-order chi connectivity index (χ1) is 4.75. The van der Waals surface area contributed by atoms with Gasteiger partial charge in [-0.3, -0.25) is 5.11 Å². The number of rotatable bonds is 1. The van der Waals surface area contributed by atoms with E-state index < -0.39 is 11.7 Å². The zero-order chi connectivity index (χ0) is 7.56. The van der Waals surface area contributed by atoms with Crippen LogP contribution in [-0.2, 0) is 5.11 Å². The summed E-state index contributed by atoms with van der Waals surface area (Å²) in [6.45, 7) is 0. The molecule has 0 unspecified atom stereocenters. The van der Waals surface area contributed by atoms with Crippen LogP contribution < -0.4 is 4.74 Å². The minimum atomic E-state index is -0.940. The van der Waals surface area contributed by atoms with Gasteiger partial charge in [0.15, 0.2) is 5.75 Å². The maximum Gasteiger partial charge on any atom is 0.309 e. The van der Waals surface area contributed by atoms with Gasteiger partial charge in [-0.2, -0.15) is 4.39 Å². The highest BCUT2D eigenvalue weighted by Gasteiger charge is 2.08. The van der Waals surface area contributed by atoms with E-state index in [1.165, 1.54) is 19.4 Å². The molecule has 53 valence electrons. The number of hydrogen-bond donors (Lipinski definition) is 0. The highest BCUT2D eigenvalue weighted by Crippen LogP contribution is 2.21. The van der Waals surface area contributed by atoms with Gasteiger partial charge in [0.05, 0.1) is 7.11 Å². The molecule has 1 aromatic rings. The van der Waals surface area contributed by atoms with Crippen LogP contribution in [0.1, 0.15) is 0 Å². The zero-order valence-electron chi connectivity index (χ0n) is 5.30. The number of pyridine rings is 1. The van der Waals surface area contributed by atoms with E-state index in [1.807, 2.05) is 0 Å². The van der Waals surface area contributed by atoms with Gasteiger partial charge in [-0.1, -0.05) is 0 Å². The Labute approximate surface area is 57.1 Å². The van der Waals surface area contributed by atoms with Crippen molar-refractivity contribution >= 4 is 0 Å². The van der Waals surface area contributed by atoms with E-state index in [9.17, 15) is 9.50 Å². The smallest absolute Gasteiger partial charge is 0.309 e. The molecule has 0 fully saturated rings. The minimum Gasteiger partial charge on any atom is -0.493 e. The number of nitrogens with zero attached hydrogens (tertiary/aromatic N) is 1. The molecule has 0 amide bonds. The lowest BCUT2D eigenvalue weighted by atomic mass is 10.4. The van der Waals surface area contributed by atoms with Crippen molar-refractivity contribution in [1.29, 1.82) is 0 Å². The molecule has 1 radical (unpaired) electrons. The van der Waals surface area contributed by atoms with Crippen LogP contribution in [0.3, 0.4) is 0 Å². The van der Waals surface area contributed by atoms with E-state index in [4.69, 9.17) is 0 Å². The third-order valence-electron chi connectivity index (χ3n) is 1.04. The second-order valence-corrected chi connectivity index (χ2v) is 1.63. The van der Waals surface area contributed by atoms with Crippen molar-refractivity contribution in [3.8, 4) is 11.6 Å². The summed E-state index contributed by atoms with van der Waals surface area (Å²) in [5.74, 6) is -1.90. The molecule has 0 saturated carbocycles. The first-order valence-corrected chi connectivity index (χ1v) is 2.61.